The quantitative estimate of drug-likeness (QED) is 0.444. The van der Waals surface area contributed by atoms with E-state index in [4.69, 9.17) is 10.6 Å². The first-order valence-corrected chi connectivity index (χ1v) is 6.70. The number of hydrogen-bond acceptors (Lipinski definition) is 6. The van der Waals surface area contributed by atoms with E-state index in [9.17, 15) is 10.1 Å². The molecule has 7 nitrogen and oxygen atoms in total. The lowest BCUT2D eigenvalue weighted by molar-refractivity contribution is 0.0995. The average Bonchev–Trinajstić information content (AvgIpc) is 2.87. The standard InChI is InChI=1S/C16H11N5O2/c1-2-7-23-21-13-10-6-4-3-5-9(10)12-15(13)19-11(8-17)14(20-12)16(18)22/h2-6H,1,7H2,(H2,18,22)/b21-13-. The molecule has 0 radical (unpaired) electrons. The second-order valence-electron chi connectivity index (χ2n) is 4.66. The Bertz CT molecular complexity index is 896. The van der Waals surface area contributed by atoms with Crippen LogP contribution in [0.4, 0.5) is 0 Å². The van der Waals surface area contributed by atoms with Crippen LogP contribution in [0.5, 0.6) is 0 Å². The molecular formula is C16H11N5O2. The summed E-state index contributed by atoms with van der Waals surface area (Å²) in [5.41, 5.74) is 7.79. The minimum absolute atomic E-state index is 0.138. The maximum Gasteiger partial charge on any atom is 0.270 e. The number of benzene rings is 1. The molecule has 3 rings (SSSR count). The second-order valence-corrected chi connectivity index (χ2v) is 4.66. The van der Waals surface area contributed by atoms with Crippen LogP contribution in [0.1, 0.15) is 27.4 Å². The van der Waals surface area contributed by atoms with Crippen LogP contribution in [0.3, 0.4) is 0 Å². The molecule has 1 amide bonds. The first kappa shape index (κ1) is 14.4. The normalized spacial score (nSPS) is 13.1. The average molecular weight is 305 g/mol. The molecule has 2 N–H and O–H groups in total. The number of carbonyl (C=O) groups is 1. The molecule has 0 bridgehead atoms. The molecule has 0 unspecified atom stereocenters. The largest absolute Gasteiger partial charge is 0.391 e. The molecule has 1 aliphatic carbocycles. The van der Waals surface area contributed by atoms with Crippen LogP contribution in [0.2, 0.25) is 0 Å². The summed E-state index contributed by atoms with van der Waals surface area (Å²) in [6.07, 6.45) is 1.56. The van der Waals surface area contributed by atoms with Crippen molar-refractivity contribution in [1.29, 1.82) is 5.26 Å². The molecule has 1 heterocycles. The van der Waals surface area contributed by atoms with E-state index in [0.29, 0.717) is 17.1 Å². The van der Waals surface area contributed by atoms with Gasteiger partial charge in [-0.1, -0.05) is 42.1 Å². The molecule has 0 saturated carbocycles. The molecule has 0 aliphatic heterocycles. The minimum Gasteiger partial charge on any atom is -0.391 e. The van der Waals surface area contributed by atoms with Crippen molar-refractivity contribution < 1.29 is 9.63 Å². The third kappa shape index (κ3) is 2.32. The number of oxime groups is 1. The van der Waals surface area contributed by atoms with E-state index in [1.165, 1.54) is 0 Å². The number of nitriles is 1. The number of fused-ring (bicyclic) bond motifs is 3. The molecule has 112 valence electrons. The molecule has 2 aromatic rings. The van der Waals surface area contributed by atoms with Gasteiger partial charge in [0.05, 0.1) is 0 Å². The summed E-state index contributed by atoms with van der Waals surface area (Å²) < 4.78 is 0. The van der Waals surface area contributed by atoms with Gasteiger partial charge in [0.2, 0.25) is 0 Å². The lowest BCUT2D eigenvalue weighted by Crippen LogP contribution is -2.18. The van der Waals surface area contributed by atoms with Gasteiger partial charge in [0.25, 0.3) is 5.91 Å². The van der Waals surface area contributed by atoms with E-state index in [0.717, 1.165) is 11.1 Å². The van der Waals surface area contributed by atoms with Gasteiger partial charge in [-0.15, -0.1) is 0 Å². The van der Waals surface area contributed by atoms with Gasteiger partial charge in [-0.3, -0.25) is 4.79 Å². The first-order valence-electron chi connectivity index (χ1n) is 6.70. The van der Waals surface area contributed by atoms with Crippen LogP contribution in [0.25, 0.3) is 11.3 Å². The Morgan fingerprint density at radius 1 is 1.35 bits per heavy atom. The first-order chi connectivity index (χ1) is 11.2. The Morgan fingerprint density at radius 2 is 2.09 bits per heavy atom. The zero-order valence-electron chi connectivity index (χ0n) is 12.0. The van der Waals surface area contributed by atoms with Crippen LogP contribution in [-0.4, -0.2) is 28.2 Å². The van der Waals surface area contributed by atoms with E-state index < -0.39 is 5.91 Å². The SMILES string of the molecule is C=CCO/N=C1/c2ccccc2-c2nc(C(N)=O)c(C#N)nc21. The van der Waals surface area contributed by atoms with E-state index in [-0.39, 0.29) is 18.0 Å². The number of primary amides is 1. The topological polar surface area (TPSA) is 114 Å². The molecule has 7 heteroatoms. The molecule has 1 aliphatic rings. The van der Waals surface area contributed by atoms with Crippen molar-refractivity contribution in [3.63, 3.8) is 0 Å². The molecule has 1 aromatic carbocycles. The predicted molar refractivity (Wildman–Crippen MR) is 82.5 cm³/mol. The van der Waals surface area contributed by atoms with Crippen LogP contribution < -0.4 is 5.73 Å². The van der Waals surface area contributed by atoms with Crippen LogP contribution >= 0.6 is 0 Å². The zero-order valence-corrected chi connectivity index (χ0v) is 12.0. The number of nitrogens with zero attached hydrogens (tertiary/aromatic N) is 4. The molecule has 23 heavy (non-hydrogen) atoms. The highest BCUT2D eigenvalue weighted by Gasteiger charge is 2.31. The minimum atomic E-state index is -0.803. The van der Waals surface area contributed by atoms with Gasteiger partial charge in [0, 0.05) is 11.1 Å². The summed E-state index contributed by atoms with van der Waals surface area (Å²) in [4.78, 5) is 25.1. The van der Waals surface area contributed by atoms with Crippen molar-refractivity contribution in [3.8, 4) is 17.3 Å². The fourth-order valence-electron chi connectivity index (χ4n) is 2.31. The number of hydrogen-bond donors (Lipinski definition) is 1. The summed E-state index contributed by atoms with van der Waals surface area (Å²) in [6.45, 7) is 3.79. The number of nitrogens with two attached hydrogens (primary N) is 1. The van der Waals surface area contributed by atoms with Crippen LogP contribution in [0, 0.1) is 11.3 Å². The zero-order chi connectivity index (χ0) is 16.4. The third-order valence-electron chi connectivity index (χ3n) is 3.24. The van der Waals surface area contributed by atoms with Crippen molar-refractivity contribution in [3.05, 3.63) is 59.6 Å². The lowest BCUT2D eigenvalue weighted by Gasteiger charge is -2.03. The lowest BCUT2D eigenvalue weighted by atomic mass is 10.1. The van der Waals surface area contributed by atoms with Gasteiger partial charge in [0.15, 0.2) is 11.4 Å². The molecule has 0 atom stereocenters. The fourth-order valence-corrected chi connectivity index (χ4v) is 2.31. The van der Waals surface area contributed by atoms with Crippen molar-refractivity contribution in [2.45, 2.75) is 0 Å². The smallest absolute Gasteiger partial charge is 0.270 e. The maximum atomic E-state index is 11.5. The Balaban J connectivity index is 2.26. The highest BCUT2D eigenvalue weighted by Crippen LogP contribution is 2.35. The van der Waals surface area contributed by atoms with E-state index in [1.54, 1.807) is 6.08 Å². The van der Waals surface area contributed by atoms with Crippen molar-refractivity contribution in [1.82, 2.24) is 9.97 Å². The molecule has 1 aromatic heterocycles. The number of aromatic nitrogens is 2. The van der Waals surface area contributed by atoms with Crippen LogP contribution in [-0.2, 0) is 4.84 Å². The Hall–Kier alpha value is -3.53. The Morgan fingerprint density at radius 3 is 2.74 bits per heavy atom. The molecular weight excluding hydrogens is 294 g/mol. The van der Waals surface area contributed by atoms with Gasteiger partial charge in [-0.25, -0.2) is 9.97 Å². The molecule has 0 fully saturated rings. The molecule has 0 spiro atoms. The van der Waals surface area contributed by atoms with E-state index >= 15 is 0 Å². The van der Waals surface area contributed by atoms with Gasteiger partial charge in [-0.2, -0.15) is 5.26 Å². The van der Waals surface area contributed by atoms with Gasteiger partial charge < -0.3 is 10.6 Å². The molecule has 0 saturated heterocycles. The maximum absolute atomic E-state index is 11.5. The summed E-state index contributed by atoms with van der Waals surface area (Å²) in [5.74, 6) is -0.803. The van der Waals surface area contributed by atoms with Crippen molar-refractivity contribution >= 4 is 11.6 Å². The van der Waals surface area contributed by atoms with Gasteiger partial charge in [-0.05, 0) is 0 Å². The highest BCUT2D eigenvalue weighted by atomic mass is 16.6. The Labute approximate surface area is 131 Å². The summed E-state index contributed by atoms with van der Waals surface area (Å²) in [5, 5.41) is 13.2. The summed E-state index contributed by atoms with van der Waals surface area (Å²) in [7, 11) is 0. The highest BCUT2D eigenvalue weighted by molar-refractivity contribution is 6.22. The Kier molecular flexibility index (Phi) is 3.57. The third-order valence-corrected chi connectivity index (χ3v) is 3.24. The van der Waals surface area contributed by atoms with E-state index in [2.05, 4.69) is 21.7 Å². The predicted octanol–water partition coefficient (Wildman–Crippen LogP) is 1.38. The fraction of sp³-hybridized carbons (Fsp3) is 0.0625. The number of amides is 1. The van der Waals surface area contributed by atoms with Crippen LogP contribution in [0.15, 0.2) is 42.1 Å². The van der Waals surface area contributed by atoms with Gasteiger partial charge in [0.1, 0.15) is 29.8 Å². The number of carbonyl (C=O) groups excluding carboxylic acids is 1. The van der Waals surface area contributed by atoms with Gasteiger partial charge >= 0.3 is 0 Å². The van der Waals surface area contributed by atoms with E-state index in [1.807, 2.05) is 30.3 Å². The van der Waals surface area contributed by atoms with Crippen molar-refractivity contribution in [2.75, 3.05) is 6.61 Å². The summed E-state index contributed by atoms with van der Waals surface area (Å²) >= 11 is 0. The van der Waals surface area contributed by atoms with Crippen molar-refractivity contribution in [2.24, 2.45) is 10.9 Å². The number of rotatable bonds is 4. The second kappa shape index (κ2) is 5.69. The summed E-state index contributed by atoms with van der Waals surface area (Å²) in [6, 6.07) is 9.18. The monoisotopic (exact) mass is 305 g/mol.